The molecule has 2 N–H and O–H groups in total. The molecule has 0 saturated heterocycles. The van der Waals surface area contributed by atoms with Crippen molar-refractivity contribution in [2.24, 2.45) is 9.98 Å². The highest BCUT2D eigenvalue weighted by Crippen LogP contribution is 2.25. The van der Waals surface area contributed by atoms with Crippen molar-refractivity contribution in [2.75, 3.05) is 13.1 Å². The maximum absolute atomic E-state index is 9.91. The van der Waals surface area contributed by atoms with E-state index < -0.39 is 0 Å². The van der Waals surface area contributed by atoms with Crippen LogP contribution in [0.15, 0.2) is 22.1 Å². The van der Waals surface area contributed by atoms with Gasteiger partial charge in [-0.15, -0.1) is 0 Å². The fourth-order valence-electron chi connectivity index (χ4n) is 1.64. The summed E-state index contributed by atoms with van der Waals surface area (Å²) in [4.78, 5) is 8.44. The molecule has 1 rings (SSSR count). The zero-order chi connectivity index (χ0) is 14.8. The molecule has 0 atom stereocenters. The third kappa shape index (κ3) is 5.43. The van der Waals surface area contributed by atoms with Gasteiger partial charge in [0, 0.05) is 36.6 Å². The van der Waals surface area contributed by atoms with Crippen LogP contribution >= 0.6 is 0 Å². The molecule has 110 valence electrons. The number of benzene rings is 1. The second-order valence-electron chi connectivity index (χ2n) is 4.75. The fraction of sp³-hybridized carbons (Fsp3) is 0.500. The van der Waals surface area contributed by atoms with Crippen molar-refractivity contribution in [1.29, 1.82) is 0 Å². The number of rotatable bonds is 8. The number of aliphatic imine (C=N–C) groups is 2. The lowest BCUT2D eigenvalue weighted by Crippen LogP contribution is -1.90. The van der Waals surface area contributed by atoms with Gasteiger partial charge in [-0.05, 0) is 25.0 Å². The average molecular weight is 276 g/mol. The quantitative estimate of drug-likeness (QED) is 0.433. The topological polar surface area (TPSA) is 65.2 Å². The van der Waals surface area contributed by atoms with Crippen molar-refractivity contribution >= 4 is 12.4 Å². The molecule has 0 heterocycles. The Bertz CT molecular complexity index is 424. The molecule has 4 nitrogen and oxygen atoms in total. The van der Waals surface area contributed by atoms with Crippen molar-refractivity contribution in [3.05, 3.63) is 23.3 Å². The fourth-order valence-corrected chi connectivity index (χ4v) is 1.64. The van der Waals surface area contributed by atoms with Gasteiger partial charge < -0.3 is 10.2 Å². The lowest BCUT2D eigenvalue weighted by Gasteiger charge is -2.04. The predicted octanol–water partition coefficient (Wildman–Crippen LogP) is 3.54. The van der Waals surface area contributed by atoms with Crippen LogP contribution in [0.25, 0.3) is 0 Å². The number of aromatic hydroxyl groups is 2. The van der Waals surface area contributed by atoms with Gasteiger partial charge in [0.1, 0.15) is 11.5 Å². The summed E-state index contributed by atoms with van der Waals surface area (Å²) in [5.41, 5.74) is 1.06. The minimum absolute atomic E-state index is 0.111. The standard InChI is InChI=1S/C16H24N2O2/c1-3-5-7-17-11-13-9-16(20)14(10-15(13)19)12-18-8-6-4-2/h9-12,19-20H,3-8H2,1-2H3. The minimum atomic E-state index is 0.111. The van der Waals surface area contributed by atoms with Gasteiger partial charge in [-0.3, -0.25) is 9.98 Å². The molecule has 0 aliphatic heterocycles. The van der Waals surface area contributed by atoms with Crippen molar-refractivity contribution < 1.29 is 10.2 Å². The smallest absolute Gasteiger partial charge is 0.125 e. The van der Waals surface area contributed by atoms with E-state index in [2.05, 4.69) is 23.8 Å². The second-order valence-corrected chi connectivity index (χ2v) is 4.75. The molecule has 0 aliphatic carbocycles. The Hall–Kier alpha value is -1.84. The van der Waals surface area contributed by atoms with Gasteiger partial charge in [-0.2, -0.15) is 0 Å². The summed E-state index contributed by atoms with van der Waals surface area (Å²) in [6.07, 6.45) is 7.41. The molecule has 0 fully saturated rings. The Kier molecular flexibility index (Phi) is 7.40. The van der Waals surface area contributed by atoms with Gasteiger partial charge in [-0.1, -0.05) is 26.7 Å². The number of phenolic OH excluding ortho intramolecular Hbond substituents is 2. The number of unbranched alkanes of at least 4 members (excludes halogenated alkanes) is 2. The number of phenols is 2. The van der Waals surface area contributed by atoms with Gasteiger partial charge in [0.15, 0.2) is 0 Å². The molecule has 20 heavy (non-hydrogen) atoms. The van der Waals surface area contributed by atoms with Crippen LogP contribution in [0.3, 0.4) is 0 Å². The molecule has 0 bridgehead atoms. The highest BCUT2D eigenvalue weighted by atomic mass is 16.3. The molecule has 0 spiro atoms. The third-order valence-electron chi connectivity index (χ3n) is 2.92. The van der Waals surface area contributed by atoms with E-state index in [1.165, 1.54) is 12.1 Å². The summed E-state index contributed by atoms with van der Waals surface area (Å²) in [7, 11) is 0. The number of hydrogen-bond acceptors (Lipinski definition) is 4. The van der Waals surface area contributed by atoms with E-state index in [4.69, 9.17) is 0 Å². The summed E-state index contributed by atoms with van der Waals surface area (Å²) >= 11 is 0. The van der Waals surface area contributed by atoms with Crippen LogP contribution in [0.2, 0.25) is 0 Å². The summed E-state index contributed by atoms with van der Waals surface area (Å²) < 4.78 is 0. The molecule has 4 heteroatoms. The number of nitrogens with zero attached hydrogens (tertiary/aromatic N) is 2. The van der Waals surface area contributed by atoms with Crippen molar-refractivity contribution in [3.63, 3.8) is 0 Å². The van der Waals surface area contributed by atoms with Crippen molar-refractivity contribution in [1.82, 2.24) is 0 Å². The zero-order valence-electron chi connectivity index (χ0n) is 12.3. The monoisotopic (exact) mass is 276 g/mol. The Morgan fingerprint density at radius 3 is 1.60 bits per heavy atom. The number of hydrogen-bond donors (Lipinski definition) is 2. The average Bonchev–Trinajstić information content (AvgIpc) is 2.44. The Morgan fingerprint density at radius 1 is 0.850 bits per heavy atom. The van der Waals surface area contributed by atoms with E-state index in [9.17, 15) is 10.2 Å². The summed E-state index contributed by atoms with van der Waals surface area (Å²) in [6.45, 7) is 5.67. The van der Waals surface area contributed by atoms with Crippen molar-refractivity contribution in [2.45, 2.75) is 39.5 Å². The van der Waals surface area contributed by atoms with Gasteiger partial charge in [0.05, 0.1) is 0 Å². The Labute approximate surface area is 120 Å². The Balaban J connectivity index is 2.75. The first-order valence-corrected chi connectivity index (χ1v) is 7.24. The zero-order valence-corrected chi connectivity index (χ0v) is 12.3. The van der Waals surface area contributed by atoms with Gasteiger partial charge in [-0.25, -0.2) is 0 Å². The van der Waals surface area contributed by atoms with Crippen LogP contribution in [0, 0.1) is 0 Å². The van der Waals surface area contributed by atoms with Crippen LogP contribution in [-0.2, 0) is 0 Å². The van der Waals surface area contributed by atoms with E-state index in [-0.39, 0.29) is 11.5 Å². The first-order chi connectivity index (χ1) is 9.69. The second kappa shape index (κ2) is 9.13. The summed E-state index contributed by atoms with van der Waals surface area (Å²) in [5.74, 6) is 0.222. The lowest BCUT2D eigenvalue weighted by molar-refractivity contribution is 0.459. The van der Waals surface area contributed by atoms with Crippen LogP contribution in [0.4, 0.5) is 0 Å². The normalized spacial score (nSPS) is 11.7. The van der Waals surface area contributed by atoms with E-state index in [0.717, 1.165) is 38.8 Å². The molecule has 0 radical (unpaired) electrons. The van der Waals surface area contributed by atoms with Gasteiger partial charge in [0.2, 0.25) is 0 Å². The van der Waals surface area contributed by atoms with Crippen LogP contribution in [-0.4, -0.2) is 35.7 Å². The lowest BCUT2D eigenvalue weighted by atomic mass is 10.1. The molecular weight excluding hydrogens is 252 g/mol. The molecule has 0 amide bonds. The first kappa shape index (κ1) is 16.2. The minimum Gasteiger partial charge on any atom is -0.507 e. The summed E-state index contributed by atoms with van der Waals surface area (Å²) in [5, 5.41) is 19.8. The molecule has 0 unspecified atom stereocenters. The molecule has 1 aromatic carbocycles. The SMILES string of the molecule is CCCCN=Cc1cc(O)c(C=NCCCC)cc1O. The van der Waals surface area contributed by atoms with E-state index in [1.54, 1.807) is 12.4 Å². The summed E-state index contributed by atoms with van der Waals surface area (Å²) in [6, 6.07) is 3.04. The largest absolute Gasteiger partial charge is 0.507 e. The highest BCUT2D eigenvalue weighted by molar-refractivity contribution is 5.90. The highest BCUT2D eigenvalue weighted by Gasteiger charge is 2.05. The molecular formula is C16H24N2O2. The van der Waals surface area contributed by atoms with E-state index in [0.29, 0.717) is 11.1 Å². The van der Waals surface area contributed by atoms with Crippen LogP contribution < -0.4 is 0 Å². The first-order valence-electron chi connectivity index (χ1n) is 7.24. The maximum atomic E-state index is 9.91. The predicted molar refractivity (Wildman–Crippen MR) is 84.5 cm³/mol. The van der Waals surface area contributed by atoms with E-state index in [1.807, 2.05) is 0 Å². The molecule has 0 saturated carbocycles. The molecule has 0 aliphatic rings. The van der Waals surface area contributed by atoms with Crippen LogP contribution in [0.5, 0.6) is 11.5 Å². The van der Waals surface area contributed by atoms with Gasteiger partial charge >= 0.3 is 0 Å². The Morgan fingerprint density at radius 2 is 1.25 bits per heavy atom. The van der Waals surface area contributed by atoms with Gasteiger partial charge in [0.25, 0.3) is 0 Å². The van der Waals surface area contributed by atoms with Crippen molar-refractivity contribution in [3.8, 4) is 11.5 Å². The van der Waals surface area contributed by atoms with Crippen LogP contribution in [0.1, 0.15) is 50.7 Å². The maximum Gasteiger partial charge on any atom is 0.125 e. The third-order valence-corrected chi connectivity index (χ3v) is 2.92. The molecule has 0 aromatic heterocycles. The van der Waals surface area contributed by atoms with E-state index >= 15 is 0 Å². The molecule has 1 aromatic rings.